The van der Waals surface area contributed by atoms with Gasteiger partial charge in [-0.15, -0.1) is 0 Å². The maximum atomic E-state index is 12.4. The lowest BCUT2D eigenvalue weighted by Crippen LogP contribution is -2.28. The second-order valence-electron chi connectivity index (χ2n) is 4.31. The first-order chi connectivity index (χ1) is 9.86. The van der Waals surface area contributed by atoms with E-state index < -0.39 is 22.7 Å². The lowest BCUT2D eigenvalue weighted by molar-refractivity contribution is 0.281. The number of aromatic nitrogens is 2. The molecule has 1 atom stereocenters. The third-order valence-corrected chi connectivity index (χ3v) is 5.34. The fourth-order valence-electron chi connectivity index (χ4n) is 1.79. The SMILES string of the molecule is CC(NS(=O)(=O)c1ccc(Cl)c(CO)c1Cl)c1ncc[nH]1. The van der Waals surface area contributed by atoms with E-state index in [1.165, 1.54) is 18.3 Å². The summed E-state index contributed by atoms with van der Waals surface area (Å²) in [6, 6.07) is 2.11. The van der Waals surface area contributed by atoms with Crippen LogP contribution in [0.15, 0.2) is 29.4 Å². The van der Waals surface area contributed by atoms with Gasteiger partial charge >= 0.3 is 0 Å². The molecule has 2 rings (SSSR count). The normalized spacial score (nSPS) is 13.3. The Labute approximate surface area is 132 Å². The molecule has 9 heteroatoms. The summed E-state index contributed by atoms with van der Waals surface area (Å²) in [5.41, 5.74) is 0.173. The van der Waals surface area contributed by atoms with E-state index >= 15 is 0 Å². The molecule has 1 aromatic carbocycles. The highest BCUT2D eigenvalue weighted by atomic mass is 35.5. The summed E-state index contributed by atoms with van der Waals surface area (Å²) >= 11 is 11.9. The largest absolute Gasteiger partial charge is 0.392 e. The van der Waals surface area contributed by atoms with Crippen molar-refractivity contribution in [3.63, 3.8) is 0 Å². The molecule has 0 saturated carbocycles. The summed E-state index contributed by atoms with van der Waals surface area (Å²) in [6.07, 6.45) is 3.12. The molecular weight excluding hydrogens is 337 g/mol. The quantitative estimate of drug-likeness (QED) is 0.771. The van der Waals surface area contributed by atoms with E-state index in [0.717, 1.165) is 0 Å². The molecule has 1 unspecified atom stereocenters. The third kappa shape index (κ3) is 3.38. The topological polar surface area (TPSA) is 95.1 Å². The summed E-state index contributed by atoms with van der Waals surface area (Å²) in [6.45, 7) is 1.20. The van der Waals surface area contributed by atoms with Gasteiger partial charge < -0.3 is 10.1 Å². The zero-order chi connectivity index (χ0) is 15.6. The van der Waals surface area contributed by atoms with Crippen LogP contribution in [0.5, 0.6) is 0 Å². The van der Waals surface area contributed by atoms with Crippen molar-refractivity contribution >= 4 is 33.2 Å². The fourth-order valence-corrected chi connectivity index (χ4v) is 3.90. The van der Waals surface area contributed by atoms with Crippen LogP contribution in [0, 0.1) is 0 Å². The number of nitrogens with one attached hydrogen (secondary N) is 2. The maximum absolute atomic E-state index is 12.4. The Kier molecular flexibility index (Phi) is 4.90. The van der Waals surface area contributed by atoms with Crippen LogP contribution in [0.2, 0.25) is 10.0 Å². The van der Waals surface area contributed by atoms with Crippen LogP contribution >= 0.6 is 23.2 Å². The van der Waals surface area contributed by atoms with Crippen LogP contribution in [-0.2, 0) is 16.6 Å². The first kappa shape index (κ1) is 16.3. The number of aliphatic hydroxyl groups is 1. The molecule has 0 spiro atoms. The number of imidazole rings is 1. The van der Waals surface area contributed by atoms with Gasteiger partial charge in [-0.05, 0) is 19.1 Å². The van der Waals surface area contributed by atoms with Gasteiger partial charge in [-0.25, -0.2) is 18.1 Å². The average molecular weight is 350 g/mol. The van der Waals surface area contributed by atoms with Gasteiger partial charge in [0.25, 0.3) is 0 Å². The molecule has 0 aliphatic carbocycles. The lowest BCUT2D eigenvalue weighted by atomic mass is 10.2. The Morgan fingerprint density at radius 1 is 1.43 bits per heavy atom. The highest BCUT2D eigenvalue weighted by Crippen LogP contribution is 2.31. The first-order valence-electron chi connectivity index (χ1n) is 5.96. The van der Waals surface area contributed by atoms with Crippen LogP contribution in [0.4, 0.5) is 0 Å². The molecule has 1 heterocycles. The Morgan fingerprint density at radius 3 is 2.71 bits per heavy atom. The Balaban J connectivity index is 2.36. The molecule has 0 amide bonds. The van der Waals surface area contributed by atoms with Crippen LogP contribution in [0.1, 0.15) is 24.4 Å². The van der Waals surface area contributed by atoms with Gasteiger partial charge in [0.05, 0.1) is 17.7 Å². The molecule has 6 nitrogen and oxygen atoms in total. The number of halogens is 2. The zero-order valence-electron chi connectivity index (χ0n) is 11.0. The summed E-state index contributed by atoms with van der Waals surface area (Å²) < 4.78 is 27.2. The van der Waals surface area contributed by atoms with Crippen molar-refractivity contribution in [2.45, 2.75) is 24.5 Å². The number of H-pyrrole nitrogens is 1. The van der Waals surface area contributed by atoms with Gasteiger partial charge in [0.1, 0.15) is 10.7 Å². The monoisotopic (exact) mass is 349 g/mol. The molecule has 2 aromatic rings. The average Bonchev–Trinajstić information content (AvgIpc) is 2.92. The molecule has 0 saturated heterocycles. The standard InChI is InChI=1S/C12H13Cl2N3O3S/c1-7(12-15-4-5-16-12)17-21(19,20)10-3-2-9(13)8(6-18)11(10)14/h2-5,7,17-18H,6H2,1H3,(H,15,16). The summed E-state index contributed by atoms with van der Waals surface area (Å²) in [5.74, 6) is 0.478. The smallest absolute Gasteiger partial charge is 0.242 e. The van der Waals surface area contributed by atoms with Crippen LogP contribution in [0.25, 0.3) is 0 Å². The minimum atomic E-state index is -3.88. The van der Waals surface area contributed by atoms with Gasteiger partial charge in [-0.3, -0.25) is 0 Å². The van der Waals surface area contributed by atoms with E-state index in [-0.39, 0.29) is 20.5 Å². The molecule has 0 aliphatic rings. The highest BCUT2D eigenvalue weighted by Gasteiger charge is 2.24. The zero-order valence-corrected chi connectivity index (χ0v) is 13.3. The molecule has 0 bridgehead atoms. The first-order valence-corrected chi connectivity index (χ1v) is 8.20. The summed E-state index contributed by atoms with van der Waals surface area (Å²) in [4.78, 5) is 6.67. The van der Waals surface area contributed by atoms with Gasteiger partial charge in [0, 0.05) is 23.0 Å². The van der Waals surface area contributed by atoms with Crippen molar-refractivity contribution in [2.24, 2.45) is 0 Å². The highest BCUT2D eigenvalue weighted by molar-refractivity contribution is 7.89. The molecule has 114 valence electrons. The third-order valence-electron chi connectivity index (χ3n) is 2.86. The minimum Gasteiger partial charge on any atom is -0.392 e. The summed E-state index contributed by atoms with van der Waals surface area (Å²) in [7, 11) is -3.88. The molecule has 0 aliphatic heterocycles. The number of sulfonamides is 1. The van der Waals surface area contributed by atoms with Gasteiger partial charge in [0.2, 0.25) is 10.0 Å². The number of aromatic amines is 1. The molecule has 0 radical (unpaired) electrons. The number of rotatable bonds is 5. The maximum Gasteiger partial charge on any atom is 0.242 e. The van der Waals surface area contributed by atoms with Crippen LogP contribution in [0.3, 0.4) is 0 Å². The number of nitrogens with zero attached hydrogens (tertiary/aromatic N) is 1. The minimum absolute atomic E-state index is 0.0934. The fraction of sp³-hybridized carbons (Fsp3) is 0.250. The van der Waals surface area contributed by atoms with Crippen molar-refractivity contribution in [1.82, 2.24) is 14.7 Å². The van der Waals surface area contributed by atoms with Gasteiger partial charge in [-0.1, -0.05) is 23.2 Å². The number of aliphatic hydroxyl groups excluding tert-OH is 1. The lowest BCUT2D eigenvalue weighted by Gasteiger charge is -2.15. The van der Waals surface area contributed by atoms with Crippen LogP contribution in [-0.4, -0.2) is 23.5 Å². The van der Waals surface area contributed by atoms with E-state index in [2.05, 4.69) is 14.7 Å². The van der Waals surface area contributed by atoms with E-state index in [1.54, 1.807) is 13.1 Å². The Morgan fingerprint density at radius 2 is 2.14 bits per heavy atom. The van der Waals surface area contributed by atoms with E-state index in [1.807, 2.05) is 0 Å². The predicted octanol–water partition coefficient (Wildman–Crippen LogP) is 2.25. The van der Waals surface area contributed by atoms with Gasteiger partial charge in [0.15, 0.2) is 0 Å². The molecule has 1 aromatic heterocycles. The number of benzene rings is 1. The van der Waals surface area contributed by atoms with Crippen molar-refractivity contribution in [2.75, 3.05) is 0 Å². The van der Waals surface area contributed by atoms with Gasteiger partial charge in [-0.2, -0.15) is 0 Å². The Bertz CT molecular complexity index is 732. The van der Waals surface area contributed by atoms with Crippen molar-refractivity contribution in [3.8, 4) is 0 Å². The second kappa shape index (κ2) is 6.33. The van der Waals surface area contributed by atoms with Crippen molar-refractivity contribution in [1.29, 1.82) is 0 Å². The van der Waals surface area contributed by atoms with E-state index in [4.69, 9.17) is 23.2 Å². The Hall–Kier alpha value is -1.12. The van der Waals surface area contributed by atoms with Crippen LogP contribution < -0.4 is 4.72 Å². The van der Waals surface area contributed by atoms with E-state index in [0.29, 0.717) is 5.82 Å². The van der Waals surface area contributed by atoms with Crippen molar-refractivity contribution < 1.29 is 13.5 Å². The molecule has 3 N–H and O–H groups in total. The molecular formula is C12H13Cl2N3O3S. The second-order valence-corrected chi connectivity index (χ2v) is 6.78. The van der Waals surface area contributed by atoms with E-state index in [9.17, 15) is 13.5 Å². The number of hydrogen-bond donors (Lipinski definition) is 3. The predicted molar refractivity (Wildman–Crippen MR) is 79.7 cm³/mol. The molecule has 21 heavy (non-hydrogen) atoms. The summed E-state index contributed by atoms with van der Waals surface area (Å²) in [5, 5.41) is 9.34. The van der Waals surface area contributed by atoms with Crippen molar-refractivity contribution in [3.05, 3.63) is 46.0 Å². The number of hydrogen-bond acceptors (Lipinski definition) is 4. The molecule has 0 fully saturated rings.